The highest BCUT2D eigenvalue weighted by atomic mass is 32.2. The summed E-state index contributed by atoms with van der Waals surface area (Å²) in [6.45, 7) is 4.34. The quantitative estimate of drug-likeness (QED) is 0.350. The SMILES string of the molecule is C1=CC=CNC=C1.CC(C)c1ccc(C=CCS(=O)(=O)C2=CCCc3c2ccc2c3CCc3ccccc3-2)cc1. The molecule has 0 amide bonds. The standard InChI is InChI=1S/C30H30O2S.C6H7N/c1-21(2)23-14-12-22(13-15-23)7-6-20-33(31,32)30-11-5-10-26-28-17-16-24-8-3-4-9-25(24)27(28)18-19-29(26)30;1-2-4-6-7-5-3-1/h3-4,6-9,11-15,18-19,21H,5,10,16-17,20H2,1-2H3;1-7H. The maximum atomic E-state index is 13.3. The average Bonchev–Trinajstić information content (AvgIpc) is 3.30. The molecule has 3 aromatic carbocycles. The van der Waals surface area contributed by atoms with Gasteiger partial charge in [-0.1, -0.05) is 105 Å². The second kappa shape index (κ2) is 12.5. The number of sulfone groups is 1. The monoisotopic (exact) mass is 547 g/mol. The molecule has 0 bridgehead atoms. The van der Waals surface area contributed by atoms with Crippen molar-refractivity contribution in [2.75, 3.05) is 5.75 Å². The molecule has 1 aliphatic heterocycles. The van der Waals surface area contributed by atoms with Crippen molar-refractivity contribution in [3.8, 4) is 11.1 Å². The highest BCUT2D eigenvalue weighted by Gasteiger charge is 2.28. The Bertz CT molecular complexity index is 1600. The summed E-state index contributed by atoms with van der Waals surface area (Å²) in [7, 11) is -3.40. The zero-order valence-electron chi connectivity index (χ0n) is 23.3. The molecule has 3 nitrogen and oxygen atoms in total. The summed E-state index contributed by atoms with van der Waals surface area (Å²) >= 11 is 0. The Morgan fingerprint density at radius 1 is 0.775 bits per heavy atom. The van der Waals surface area contributed by atoms with E-state index in [1.165, 1.54) is 33.4 Å². The van der Waals surface area contributed by atoms with Crippen molar-refractivity contribution in [1.82, 2.24) is 5.32 Å². The van der Waals surface area contributed by atoms with Crippen LogP contribution in [0.4, 0.5) is 0 Å². The van der Waals surface area contributed by atoms with Crippen LogP contribution in [0.1, 0.15) is 59.6 Å². The second-order valence-electron chi connectivity index (χ2n) is 10.7. The molecule has 0 aromatic heterocycles. The maximum absolute atomic E-state index is 13.3. The maximum Gasteiger partial charge on any atom is 0.182 e. The summed E-state index contributed by atoms with van der Waals surface area (Å²) in [6, 6.07) is 21.1. The van der Waals surface area contributed by atoms with Gasteiger partial charge >= 0.3 is 0 Å². The van der Waals surface area contributed by atoms with Crippen LogP contribution in [0.25, 0.3) is 22.1 Å². The molecule has 0 spiro atoms. The topological polar surface area (TPSA) is 46.2 Å². The van der Waals surface area contributed by atoms with Crippen molar-refractivity contribution in [3.05, 3.63) is 143 Å². The first kappa shape index (κ1) is 27.7. The average molecular weight is 548 g/mol. The molecule has 0 radical (unpaired) electrons. The summed E-state index contributed by atoms with van der Waals surface area (Å²) in [4.78, 5) is 0.505. The minimum atomic E-state index is -3.40. The lowest BCUT2D eigenvalue weighted by Gasteiger charge is -2.27. The van der Waals surface area contributed by atoms with E-state index in [0.717, 1.165) is 36.8 Å². The Balaban J connectivity index is 0.000000403. The van der Waals surface area contributed by atoms with E-state index in [0.29, 0.717) is 10.8 Å². The van der Waals surface area contributed by atoms with E-state index in [9.17, 15) is 8.42 Å². The van der Waals surface area contributed by atoms with Crippen molar-refractivity contribution in [1.29, 1.82) is 0 Å². The van der Waals surface area contributed by atoms with Gasteiger partial charge in [-0.05, 0) is 88.3 Å². The number of hydrogen-bond acceptors (Lipinski definition) is 3. The number of hydrogen-bond donors (Lipinski definition) is 1. The molecule has 2 aliphatic carbocycles. The fourth-order valence-corrected chi connectivity index (χ4v) is 6.99. The minimum Gasteiger partial charge on any atom is -0.368 e. The third-order valence-electron chi connectivity index (χ3n) is 7.65. The summed E-state index contributed by atoms with van der Waals surface area (Å²) in [5.74, 6) is 0.505. The van der Waals surface area contributed by atoms with Crippen LogP contribution in [0.15, 0.2) is 110 Å². The lowest BCUT2D eigenvalue weighted by molar-refractivity contribution is 0.608. The first-order valence-electron chi connectivity index (χ1n) is 14.1. The summed E-state index contributed by atoms with van der Waals surface area (Å²) < 4.78 is 26.7. The van der Waals surface area contributed by atoms with Gasteiger partial charge in [0.1, 0.15) is 0 Å². The molecule has 4 heteroatoms. The van der Waals surface area contributed by atoms with Crippen LogP contribution in [0.3, 0.4) is 0 Å². The van der Waals surface area contributed by atoms with Crippen LogP contribution < -0.4 is 5.32 Å². The van der Waals surface area contributed by atoms with Crippen LogP contribution >= 0.6 is 0 Å². The Labute approximate surface area is 239 Å². The van der Waals surface area contributed by atoms with Crippen LogP contribution in [-0.4, -0.2) is 14.2 Å². The van der Waals surface area contributed by atoms with E-state index >= 15 is 0 Å². The zero-order valence-corrected chi connectivity index (χ0v) is 24.1. The Morgan fingerprint density at radius 2 is 1.48 bits per heavy atom. The molecule has 6 rings (SSSR count). The second-order valence-corrected chi connectivity index (χ2v) is 12.7. The van der Waals surface area contributed by atoms with Gasteiger partial charge in [-0.15, -0.1) is 0 Å². The third-order valence-corrected chi connectivity index (χ3v) is 9.34. The lowest BCUT2D eigenvalue weighted by Crippen LogP contribution is -2.15. The lowest BCUT2D eigenvalue weighted by atomic mass is 9.79. The van der Waals surface area contributed by atoms with Crippen molar-refractivity contribution in [2.24, 2.45) is 0 Å². The molecule has 40 heavy (non-hydrogen) atoms. The van der Waals surface area contributed by atoms with Crippen molar-refractivity contribution < 1.29 is 8.42 Å². The fourth-order valence-electron chi connectivity index (χ4n) is 5.56. The van der Waals surface area contributed by atoms with Crippen molar-refractivity contribution in [3.63, 3.8) is 0 Å². The number of aryl methyl sites for hydroxylation is 1. The van der Waals surface area contributed by atoms with E-state index in [4.69, 9.17) is 0 Å². The first-order chi connectivity index (χ1) is 19.4. The molecule has 3 aromatic rings. The molecule has 1 N–H and O–H groups in total. The smallest absolute Gasteiger partial charge is 0.182 e. The van der Waals surface area contributed by atoms with E-state index in [2.05, 4.69) is 73.8 Å². The molecule has 0 atom stereocenters. The van der Waals surface area contributed by atoms with Crippen molar-refractivity contribution in [2.45, 2.75) is 45.4 Å². The Morgan fingerprint density at radius 3 is 2.23 bits per heavy atom. The minimum absolute atomic E-state index is 0.0180. The molecule has 204 valence electrons. The van der Waals surface area contributed by atoms with Crippen LogP contribution in [0.5, 0.6) is 0 Å². The van der Waals surface area contributed by atoms with Crippen molar-refractivity contribution >= 4 is 20.8 Å². The van der Waals surface area contributed by atoms with Crippen LogP contribution in [0.2, 0.25) is 0 Å². The molecule has 0 unspecified atom stereocenters. The summed E-state index contributed by atoms with van der Waals surface area (Å²) in [5, 5.41) is 2.92. The van der Waals surface area contributed by atoms with Crippen LogP contribution in [-0.2, 0) is 29.1 Å². The van der Waals surface area contributed by atoms with Gasteiger partial charge in [0.15, 0.2) is 9.84 Å². The molecule has 0 saturated heterocycles. The molecular weight excluding hydrogens is 510 g/mol. The van der Waals surface area contributed by atoms with Gasteiger partial charge in [0.05, 0.1) is 10.7 Å². The van der Waals surface area contributed by atoms with Crippen LogP contribution in [0, 0.1) is 0 Å². The van der Waals surface area contributed by atoms with E-state index in [1.807, 2.05) is 54.9 Å². The van der Waals surface area contributed by atoms with E-state index in [-0.39, 0.29) is 5.75 Å². The molecule has 0 fully saturated rings. The van der Waals surface area contributed by atoms with Gasteiger partial charge in [-0.3, -0.25) is 0 Å². The molecular formula is C36H37NO2S. The van der Waals surface area contributed by atoms with Gasteiger partial charge in [0, 0.05) is 12.4 Å². The van der Waals surface area contributed by atoms with Gasteiger partial charge in [-0.25, -0.2) is 8.42 Å². The highest BCUT2D eigenvalue weighted by Crippen LogP contribution is 2.41. The number of fused-ring (bicyclic) bond motifs is 5. The molecule has 1 heterocycles. The predicted molar refractivity (Wildman–Crippen MR) is 169 cm³/mol. The number of allylic oxidation sites excluding steroid dienone is 5. The molecule has 0 saturated carbocycles. The van der Waals surface area contributed by atoms with Gasteiger partial charge < -0.3 is 5.32 Å². The largest absolute Gasteiger partial charge is 0.368 e. The van der Waals surface area contributed by atoms with Gasteiger partial charge in [0.25, 0.3) is 0 Å². The fraction of sp³-hybridized carbons (Fsp3) is 0.222. The Hall–Kier alpha value is -3.89. The zero-order chi connectivity index (χ0) is 28.0. The summed E-state index contributed by atoms with van der Waals surface area (Å²) in [6.07, 6.45) is 20.9. The summed E-state index contributed by atoms with van der Waals surface area (Å²) in [5.41, 5.74) is 9.76. The normalized spacial score (nSPS) is 15.3. The number of nitrogens with one attached hydrogen (secondary N) is 1. The molecule has 3 aliphatic rings. The third kappa shape index (κ3) is 6.29. The number of benzene rings is 3. The van der Waals surface area contributed by atoms with Gasteiger partial charge in [-0.2, -0.15) is 0 Å². The van der Waals surface area contributed by atoms with Gasteiger partial charge in [0.2, 0.25) is 0 Å². The Kier molecular flexibility index (Phi) is 8.66. The number of rotatable bonds is 5. The van der Waals surface area contributed by atoms with E-state index < -0.39 is 9.84 Å². The highest BCUT2D eigenvalue weighted by molar-refractivity contribution is 8.00. The predicted octanol–water partition coefficient (Wildman–Crippen LogP) is 8.16. The van der Waals surface area contributed by atoms with E-state index in [1.54, 1.807) is 6.08 Å². The first-order valence-corrected chi connectivity index (χ1v) is 15.8.